The van der Waals surface area contributed by atoms with Crippen LogP contribution in [0.5, 0.6) is 5.75 Å². The van der Waals surface area contributed by atoms with Crippen LogP contribution < -0.4 is 10.5 Å². The maximum atomic E-state index is 12.6. The van der Waals surface area contributed by atoms with E-state index in [-0.39, 0.29) is 6.04 Å². The van der Waals surface area contributed by atoms with E-state index in [0.29, 0.717) is 30.3 Å². The summed E-state index contributed by atoms with van der Waals surface area (Å²) in [6.45, 7) is 7.09. The second-order valence-electron chi connectivity index (χ2n) is 4.82. The number of sulfonamides is 1. The van der Waals surface area contributed by atoms with Gasteiger partial charge in [-0.2, -0.15) is 4.31 Å². The lowest BCUT2D eigenvalue weighted by Crippen LogP contribution is -2.37. The zero-order chi connectivity index (χ0) is 15.2. The van der Waals surface area contributed by atoms with E-state index >= 15 is 0 Å². The molecule has 0 radical (unpaired) electrons. The van der Waals surface area contributed by atoms with Crippen LogP contribution in [0.4, 0.5) is 0 Å². The molecule has 0 spiro atoms. The molecule has 6 heteroatoms. The van der Waals surface area contributed by atoms with Gasteiger partial charge < -0.3 is 10.5 Å². The molecule has 1 aromatic rings. The first-order valence-corrected chi connectivity index (χ1v) is 8.32. The van der Waals surface area contributed by atoms with Crippen LogP contribution in [0.2, 0.25) is 0 Å². The van der Waals surface area contributed by atoms with Crippen molar-refractivity contribution in [2.24, 2.45) is 5.73 Å². The summed E-state index contributed by atoms with van der Waals surface area (Å²) in [7, 11) is -3.45. The Hall–Kier alpha value is -1.11. The van der Waals surface area contributed by atoms with Crippen molar-refractivity contribution in [3.05, 3.63) is 24.3 Å². The van der Waals surface area contributed by atoms with Crippen molar-refractivity contribution < 1.29 is 13.2 Å². The first-order chi connectivity index (χ1) is 9.43. The van der Waals surface area contributed by atoms with Gasteiger partial charge in [-0.3, -0.25) is 0 Å². The quantitative estimate of drug-likeness (QED) is 0.795. The summed E-state index contributed by atoms with van der Waals surface area (Å²) >= 11 is 0. The van der Waals surface area contributed by atoms with Crippen LogP contribution in [0.1, 0.15) is 27.2 Å². The zero-order valence-electron chi connectivity index (χ0n) is 12.4. The first kappa shape index (κ1) is 16.9. The highest BCUT2D eigenvalue weighted by atomic mass is 32.2. The third-order valence-corrected chi connectivity index (χ3v) is 4.93. The maximum absolute atomic E-state index is 12.6. The smallest absolute Gasteiger partial charge is 0.243 e. The Morgan fingerprint density at radius 3 is 2.30 bits per heavy atom. The number of hydrogen-bond donors (Lipinski definition) is 1. The van der Waals surface area contributed by atoms with Gasteiger partial charge in [0.2, 0.25) is 10.0 Å². The molecule has 0 aromatic heterocycles. The molecule has 0 aliphatic carbocycles. The predicted molar refractivity (Wildman–Crippen MR) is 80.3 cm³/mol. The summed E-state index contributed by atoms with van der Waals surface area (Å²) in [6.07, 6.45) is 0.787. The van der Waals surface area contributed by atoms with E-state index in [0.717, 1.165) is 6.42 Å². The van der Waals surface area contributed by atoms with Crippen molar-refractivity contribution in [2.75, 3.05) is 19.7 Å². The highest BCUT2D eigenvalue weighted by Crippen LogP contribution is 2.21. The Balaban J connectivity index is 2.96. The van der Waals surface area contributed by atoms with Crippen molar-refractivity contribution in [3.8, 4) is 5.75 Å². The minimum absolute atomic E-state index is 0.0619. The number of ether oxygens (including phenoxy) is 1. The number of hydrogen-bond acceptors (Lipinski definition) is 4. The number of rotatable bonds is 8. The molecule has 0 aliphatic heterocycles. The fraction of sp³-hybridized carbons (Fsp3) is 0.571. The normalized spacial score (nSPS) is 12.1. The lowest BCUT2D eigenvalue weighted by Gasteiger charge is -2.25. The van der Waals surface area contributed by atoms with E-state index in [1.165, 1.54) is 4.31 Å². The van der Waals surface area contributed by atoms with Gasteiger partial charge in [0.1, 0.15) is 12.4 Å². The molecule has 0 bridgehead atoms. The van der Waals surface area contributed by atoms with Crippen LogP contribution in [-0.4, -0.2) is 38.5 Å². The number of nitrogens with two attached hydrogens (primary N) is 1. The molecule has 0 saturated heterocycles. The predicted octanol–water partition coefficient (Wildman–Crippen LogP) is 1.83. The molecular weight excluding hydrogens is 276 g/mol. The molecule has 1 aromatic carbocycles. The van der Waals surface area contributed by atoms with Crippen molar-refractivity contribution >= 4 is 10.0 Å². The first-order valence-electron chi connectivity index (χ1n) is 6.88. The summed E-state index contributed by atoms with van der Waals surface area (Å²) in [6, 6.07) is 6.41. The monoisotopic (exact) mass is 300 g/mol. The molecule has 0 unspecified atom stereocenters. The SMILES string of the molecule is CCCN(C(C)C)S(=O)(=O)c1ccc(OCCN)cc1. The minimum Gasteiger partial charge on any atom is -0.492 e. The van der Waals surface area contributed by atoms with Gasteiger partial charge in [-0.25, -0.2) is 8.42 Å². The summed E-state index contributed by atoms with van der Waals surface area (Å²) in [5.74, 6) is 0.626. The van der Waals surface area contributed by atoms with E-state index in [1.54, 1.807) is 24.3 Å². The second-order valence-corrected chi connectivity index (χ2v) is 6.71. The van der Waals surface area contributed by atoms with Gasteiger partial charge in [0, 0.05) is 19.1 Å². The summed E-state index contributed by atoms with van der Waals surface area (Å²) in [4.78, 5) is 0.291. The van der Waals surface area contributed by atoms with E-state index < -0.39 is 10.0 Å². The van der Waals surface area contributed by atoms with Crippen LogP contribution in [0.25, 0.3) is 0 Å². The average molecular weight is 300 g/mol. The Labute approximate surface area is 121 Å². The fourth-order valence-electron chi connectivity index (χ4n) is 1.90. The largest absolute Gasteiger partial charge is 0.492 e. The zero-order valence-corrected chi connectivity index (χ0v) is 13.2. The van der Waals surface area contributed by atoms with Crippen LogP contribution in [0.15, 0.2) is 29.2 Å². The van der Waals surface area contributed by atoms with E-state index in [2.05, 4.69) is 0 Å². The van der Waals surface area contributed by atoms with Gasteiger partial charge in [-0.15, -0.1) is 0 Å². The molecule has 0 atom stereocenters. The van der Waals surface area contributed by atoms with Gasteiger partial charge in [-0.1, -0.05) is 6.92 Å². The van der Waals surface area contributed by atoms with Gasteiger partial charge in [0.15, 0.2) is 0 Å². The molecule has 0 amide bonds. The Bertz CT molecular complexity index is 498. The Morgan fingerprint density at radius 2 is 1.85 bits per heavy atom. The summed E-state index contributed by atoms with van der Waals surface area (Å²) < 4.78 is 32.0. The van der Waals surface area contributed by atoms with Crippen molar-refractivity contribution in [3.63, 3.8) is 0 Å². The molecule has 2 N–H and O–H groups in total. The summed E-state index contributed by atoms with van der Waals surface area (Å²) in [5.41, 5.74) is 5.35. The molecule has 1 rings (SSSR count). The lowest BCUT2D eigenvalue weighted by molar-refractivity contribution is 0.328. The molecule has 0 heterocycles. The number of benzene rings is 1. The van der Waals surface area contributed by atoms with Crippen molar-refractivity contribution in [1.82, 2.24) is 4.31 Å². The standard InChI is InChI=1S/C14H24N2O3S/c1-4-10-16(12(2)3)20(17,18)14-7-5-13(6-8-14)19-11-9-15/h5-8,12H,4,9-11,15H2,1-3H3. The highest BCUT2D eigenvalue weighted by molar-refractivity contribution is 7.89. The molecule has 0 aliphatic rings. The second kappa shape index (κ2) is 7.61. The molecule has 20 heavy (non-hydrogen) atoms. The van der Waals surface area contributed by atoms with Gasteiger partial charge in [0.05, 0.1) is 4.90 Å². The average Bonchev–Trinajstić information content (AvgIpc) is 2.42. The highest BCUT2D eigenvalue weighted by Gasteiger charge is 2.25. The molecule has 5 nitrogen and oxygen atoms in total. The number of nitrogens with zero attached hydrogens (tertiary/aromatic N) is 1. The molecule has 0 fully saturated rings. The topological polar surface area (TPSA) is 72.6 Å². The molecular formula is C14H24N2O3S. The van der Waals surface area contributed by atoms with Crippen LogP contribution in [0, 0.1) is 0 Å². The van der Waals surface area contributed by atoms with Crippen LogP contribution in [0.3, 0.4) is 0 Å². The van der Waals surface area contributed by atoms with E-state index in [1.807, 2.05) is 20.8 Å². The van der Waals surface area contributed by atoms with Gasteiger partial charge in [-0.05, 0) is 44.5 Å². The Kier molecular flexibility index (Phi) is 6.45. The van der Waals surface area contributed by atoms with E-state index in [4.69, 9.17) is 10.5 Å². The van der Waals surface area contributed by atoms with Crippen molar-refractivity contribution in [1.29, 1.82) is 0 Å². The third kappa shape index (κ3) is 4.19. The van der Waals surface area contributed by atoms with Gasteiger partial charge >= 0.3 is 0 Å². The maximum Gasteiger partial charge on any atom is 0.243 e. The fourth-order valence-corrected chi connectivity index (χ4v) is 3.63. The third-order valence-electron chi connectivity index (χ3n) is 2.84. The van der Waals surface area contributed by atoms with Gasteiger partial charge in [0.25, 0.3) is 0 Å². The van der Waals surface area contributed by atoms with Crippen LogP contribution in [-0.2, 0) is 10.0 Å². The van der Waals surface area contributed by atoms with Crippen molar-refractivity contribution in [2.45, 2.75) is 38.1 Å². The van der Waals surface area contributed by atoms with E-state index in [9.17, 15) is 8.42 Å². The molecule has 0 saturated carbocycles. The lowest BCUT2D eigenvalue weighted by atomic mass is 10.3. The van der Waals surface area contributed by atoms with Crippen LogP contribution >= 0.6 is 0 Å². The summed E-state index contributed by atoms with van der Waals surface area (Å²) in [5, 5.41) is 0. The molecule has 114 valence electrons. The Morgan fingerprint density at radius 1 is 1.25 bits per heavy atom. The minimum atomic E-state index is -3.45.